The van der Waals surface area contributed by atoms with Gasteiger partial charge in [0.15, 0.2) is 0 Å². The van der Waals surface area contributed by atoms with Crippen LogP contribution in [0.5, 0.6) is 0 Å². The van der Waals surface area contributed by atoms with Crippen LogP contribution in [-0.2, 0) is 24.2 Å². The van der Waals surface area contributed by atoms with Gasteiger partial charge in [-0.25, -0.2) is 0 Å². The van der Waals surface area contributed by atoms with Crippen molar-refractivity contribution in [3.63, 3.8) is 0 Å². The Bertz CT molecular complexity index is 53.7. The summed E-state index contributed by atoms with van der Waals surface area (Å²) in [4.78, 5) is 0. The average molecular weight is 325 g/mol. The Morgan fingerprint density at radius 3 is 1.17 bits per heavy atom. The fourth-order valence-electron chi connectivity index (χ4n) is 0. The first-order valence-electron chi connectivity index (χ1n) is 0.730. The molecule has 0 fully saturated rings. The predicted molar refractivity (Wildman–Crippen MR) is 6.44 cm³/mol. The molecule has 0 heterocycles. The molecule has 0 amide bonds. The van der Waals surface area contributed by atoms with Crippen LogP contribution >= 0.6 is 0 Å². The van der Waals surface area contributed by atoms with Crippen LogP contribution < -0.4 is 12.3 Å². The summed E-state index contributed by atoms with van der Waals surface area (Å²) in [6.07, 6.45) is 0. The zero-order valence-corrected chi connectivity index (χ0v) is 7.05. The van der Waals surface area contributed by atoms with E-state index in [-0.39, 0.29) is 20.4 Å². The van der Waals surface area contributed by atoms with E-state index in [9.17, 15) is 0 Å². The van der Waals surface area contributed by atoms with Gasteiger partial charge in [-0.15, -0.1) is 0 Å². The predicted octanol–water partition coefficient (Wildman–Crippen LogP) is -4.07. The normalized spacial score (nSPS) is 9.83. The van der Waals surface area contributed by atoms with Crippen molar-refractivity contribution in [1.82, 2.24) is 0 Å². The summed E-state index contributed by atoms with van der Waals surface area (Å²) in [7, 11) is 0. The van der Waals surface area contributed by atoms with E-state index < -0.39 is 14.5 Å². The van der Waals surface area contributed by atoms with Crippen molar-refractivity contribution in [3.05, 3.63) is 0 Å². The molecule has 0 saturated carbocycles. The van der Waals surface area contributed by atoms with Crippen molar-refractivity contribution in [2.45, 2.75) is 0 Å². The molecular formula is AsO4Re-3. The maximum atomic E-state index is 8.61. The SMILES string of the molecule is O=[As]([O-])([O-])[O-].[Re]. The molecule has 0 bridgehead atoms. The van der Waals surface area contributed by atoms with Crippen molar-refractivity contribution >= 4 is 14.5 Å². The molecule has 0 aliphatic heterocycles. The van der Waals surface area contributed by atoms with E-state index in [2.05, 4.69) is 0 Å². The van der Waals surface area contributed by atoms with Crippen LogP contribution in [0.4, 0.5) is 0 Å². The van der Waals surface area contributed by atoms with Crippen LogP contribution in [0.25, 0.3) is 0 Å². The van der Waals surface area contributed by atoms with Gasteiger partial charge in [0.25, 0.3) is 0 Å². The van der Waals surface area contributed by atoms with Gasteiger partial charge in [0.1, 0.15) is 0 Å². The van der Waals surface area contributed by atoms with Gasteiger partial charge in [-0.2, -0.15) is 0 Å². The summed E-state index contributed by atoms with van der Waals surface area (Å²) in [5.41, 5.74) is 0. The first-order valence-corrected chi connectivity index (χ1v) is 3.79. The summed E-state index contributed by atoms with van der Waals surface area (Å²) >= 11 is -5.88. The molecule has 6 heavy (non-hydrogen) atoms. The fourth-order valence-corrected chi connectivity index (χ4v) is 0. The molecule has 0 saturated heterocycles. The van der Waals surface area contributed by atoms with E-state index in [0.29, 0.717) is 0 Å². The van der Waals surface area contributed by atoms with Gasteiger partial charge in [-0.1, -0.05) is 0 Å². The fraction of sp³-hybridized carbons (Fsp3) is 0. The van der Waals surface area contributed by atoms with Crippen molar-refractivity contribution in [2.75, 3.05) is 0 Å². The summed E-state index contributed by atoms with van der Waals surface area (Å²) < 4.78 is 34.4. The van der Waals surface area contributed by atoms with Gasteiger partial charge in [-0.05, 0) is 0 Å². The van der Waals surface area contributed by atoms with E-state index >= 15 is 0 Å². The molecular weight excluding hydrogens is 325 g/mol. The minimum Gasteiger partial charge on any atom is 0 e. The van der Waals surface area contributed by atoms with Crippen LogP contribution in [0.15, 0.2) is 0 Å². The quantitative estimate of drug-likeness (QED) is 0.424. The maximum Gasteiger partial charge on any atom is 0 e. The van der Waals surface area contributed by atoms with Gasteiger partial charge < -0.3 is 0 Å². The zero-order chi connectivity index (χ0) is 4.50. The molecule has 0 aromatic rings. The third kappa shape index (κ3) is 91.9. The molecule has 39 valence electrons. The molecule has 6 heteroatoms. The van der Waals surface area contributed by atoms with E-state index in [4.69, 9.17) is 16.0 Å². The molecule has 0 rings (SSSR count). The van der Waals surface area contributed by atoms with E-state index in [1.54, 1.807) is 0 Å². The van der Waals surface area contributed by atoms with Crippen molar-refractivity contribution in [1.29, 1.82) is 0 Å². The van der Waals surface area contributed by atoms with Crippen LogP contribution in [0, 0.1) is 0 Å². The summed E-state index contributed by atoms with van der Waals surface area (Å²) in [5.74, 6) is 0. The Kier molecular flexibility index (Phi) is 4.96. The molecule has 0 aromatic carbocycles. The summed E-state index contributed by atoms with van der Waals surface area (Å²) in [6.45, 7) is 0. The Morgan fingerprint density at radius 2 is 1.17 bits per heavy atom. The average Bonchev–Trinajstić information content (AvgIpc) is 0.722. The van der Waals surface area contributed by atoms with Gasteiger partial charge in [0, 0.05) is 20.4 Å². The Morgan fingerprint density at radius 1 is 1.17 bits per heavy atom. The van der Waals surface area contributed by atoms with Crippen molar-refractivity contribution in [3.8, 4) is 0 Å². The molecule has 4 nitrogen and oxygen atoms in total. The number of hydrogen-bond acceptors (Lipinski definition) is 4. The van der Waals surface area contributed by atoms with E-state index in [1.165, 1.54) is 0 Å². The molecule has 0 spiro atoms. The Balaban J connectivity index is 0. The first kappa shape index (κ1) is 10.0. The number of rotatable bonds is 0. The smallest absolute Gasteiger partial charge is 0 e. The Labute approximate surface area is 51.2 Å². The van der Waals surface area contributed by atoms with Crippen LogP contribution in [0.2, 0.25) is 0 Å². The van der Waals surface area contributed by atoms with Crippen LogP contribution in [0.1, 0.15) is 0 Å². The van der Waals surface area contributed by atoms with Crippen LogP contribution in [-0.4, -0.2) is 14.5 Å². The van der Waals surface area contributed by atoms with Gasteiger partial charge in [-0.3, -0.25) is 0 Å². The Hall–Kier alpha value is 0.901. The largest absolute Gasteiger partial charge is 0 e. The summed E-state index contributed by atoms with van der Waals surface area (Å²) in [6, 6.07) is 0. The monoisotopic (exact) mass is 326 g/mol. The maximum absolute atomic E-state index is 8.61. The minimum atomic E-state index is -5.88. The van der Waals surface area contributed by atoms with Crippen molar-refractivity contribution in [2.24, 2.45) is 0 Å². The van der Waals surface area contributed by atoms with Gasteiger partial charge in [0.2, 0.25) is 0 Å². The van der Waals surface area contributed by atoms with Gasteiger partial charge in [0.05, 0.1) is 0 Å². The standard InChI is InChI=1S/AsH3O4.Re/c2-1(3,4)5;/h(H3,2,3,4,5);/p-3. The second-order valence-corrected chi connectivity index (χ2v) is 2.32. The second kappa shape index (κ2) is 2.98. The molecule has 0 aliphatic rings. The van der Waals surface area contributed by atoms with Crippen LogP contribution in [0.3, 0.4) is 0 Å². The molecule has 0 unspecified atom stereocenters. The molecule has 0 atom stereocenters. The third-order valence-corrected chi connectivity index (χ3v) is 0. The molecule has 0 aromatic heterocycles. The topological polar surface area (TPSA) is 86.2 Å². The molecule has 0 aliphatic carbocycles. The molecule has 0 N–H and O–H groups in total. The second-order valence-electron chi connectivity index (χ2n) is 0.447. The van der Waals surface area contributed by atoms with Crippen molar-refractivity contribution < 1.29 is 36.4 Å². The van der Waals surface area contributed by atoms with Gasteiger partial charge >= 0.3 is 30.5 Å². The number of hydrogen-bond donors (Lipinski definition) is 0. The molecule has 1 radical (unpaired) electrons. The first-order chi connectivity index (χ1) is 2.00. The summed E-state index contributed by atoms with van der Waals surface area (Å²) in [5, 5.41) is 0. The van der Waals surface area contributed by atoms with E-state index in [1.807, 2.05) is 0 Å². The third-order valence-electron chi connectivity index (χ3n) is 0. The van der Waals surface area contributed by atoms with E-state index in [0.717, 1.165) is 0 Å². The minimum absolute atomic E-state index is 0. The zero-order valence-electron chi connectivity index (χ0n) is 2.46.